The molecule has 148 valence electrons. The summed E-state index contributed by atoms with van der Waals surface area (Å²) in [5.41, 5.74) is 4.05. The van der Waals surface area contributed by atoms with Crippen LogP contribution in [-0.2, 0) is 9.59 Å². The summed E-state index contributed by atoms with van der Waals surface area (Å²) in [5.74, 6) is 0.332. The van der Waals surface area contributed by atoms with E-state index in [0.29, 0.717) is 13.0 Å². The Morgan fingerprint density at radius 2 is 1.97 bits per heavy atom. The zero-order chi connectivity index (χ0) is 20.2. The van der Waals surface area contributed by atoms with Gasteiger partial charge < -0.3 is 15.4 Å². The highest BCUT2D eigenvalue weighted by Crippen LogP contribution is 2.35. The van der Waals surface area contributed by atoms with Crippen LogP contribution in [0.5, 0.6) is 5.75 Å². The lowest BCUT2D eigenvalue weighted by atomic mass is 9.95. The molecular formula is C22H22N4O3. The van der Waals surface area contributed by atoms with E-state index in [1.165, 1.54) is 6.92 Å². The molecule has 1 aromatic heterocycles. The van der Waals surface area contributed by atoms with Crippen molar-refractivity contribution in [2.24, 2.45) is 0 Å². The van der Waals surface area contributed by atoms with Crippen molar-refractivity contribution in [2.45, 2.75) is 19.4 Å². The molecule has 2 N–H and O–H groups in total. The predicted octanol–water partition coefficient (Wildman–Crippen LogP) is 2.62. The highest BCUT2D eigenvalue weighted by atomic mass is 16.5. The third kappa shape index (κ3) is 4.29. The number of carbonyl (C=O) groups is 2. The van der Waals surface area contributed by atoms with Gasteiger partial charge in [0.2, 0.25) is 11.8 Å². The molecule has 3 aromatic rings. The number of rotatable bonds is 5. The van der Waals surface area contributed by atoms with Crippen LogP contribution >= 0.6 is 0 Å². The smallest absolute Gasteiger partial charge is 0.239 e. The molecule has 1 aliphatic heterocycles. The first kappa shape index (κ1) is 18.7. The van der Waals surface area contributed by atoms with Crippen molar-refractivity contribution in [2.75, 3.05) is 13.2 Å². The van der Waals surface area contributed by atoms with E-state index >= 15 is 0 Å². The molecule has 4 rings (SSSR count). The number of nitrogens with one attached hydrogen (secondary N) is 2. The third-order valence-corrected chi connectivity index (χ3v) is 4.85. The summed E-state index contributed by atoms with van der Waals surface area (Å²) < 4.78 is 7.57. The monoisotopic (exact) mass is 390 g/mol. The van der Waals surface area contributed by atoms with Crippen molar-refractivity contribution in [3.63, 3.8) is 0 Å². The van der Waals surface area contributed by atoms with Crippen LogP contribution in [0.2, 0.25) is 0 Å². The molecule has 2 aromatic carbocycles. The minimum Gasteiger partial charge on any atom is -0.493 e. The van der Waals surface area contributed by atoms with Gasteiger partial charge in [0.1, 0.15) is 5.75 Å². The van der Waals surface area contributed by atoms with Gasteiger partial charge in [-0.05, 0) is 41.5 Å². The molecule has 0 spiro atoms. The van der Waals surface area contributed by atoms with Crippen LogP contribution in [0, 0.1) is 0 Å². The Balaban J connectivity index is 1.55. The van der Waals surface area contributed by atoms with Gasteiger partial charge in [0, 0.05) is 31.3 Å². The summed E-state index contributed by atoms with van der Waals surface area (Å²) in [4.78, 5) is 23.2. The fourth-order valence-corrected chi connectivity index (χ4v) is 3.40. The van der Waals surface area contributed by atoms with Crippen molar-refractivity contribution in [1.29, 1.82) is 0 Å². The van der Waals surface area contributed by atoms with Crippen LogP contribution in [0.4, 0.5) is 0 Å². The second kappa shape index (κ2) is 8.18. The molecular weight excluding hydrogens is 368 g/mol. The molecule has 0 bridgehead atoms. The van der Waals surface area contributed by atoms with Crippen molar-refractivity contribution >= 4 is 11.8 Å². The quantitative estimate of drug-likeness (QED) is 0.701. The van der Waals surface area contributed by atoms with Gasteiger partial charge in [-0.15, -0.1) is 0 Å². The lowest BCUT2D eigenvalue weighted by Crippen LogP contribution is -2.39. The Hall–Kier alpha value is -3.61. The summed E-state index contributed by atoms with van der Waals surface area (Å²) in [6.45, 7) is 1.90. The first-order valence-corrected chi connectivity index (χ1v) is 9.51. The maximum absolute atomic E-state index is 12.2. The first-order valence-electron chi connectivity index (χ1n) is 9.51. The number of fused-ring (bicyclic) bond motifs is 1. The molecule has 1 unspecified atom stereocenters. The number of benzene rings is 2. The topological polar surface area (TPSA) is 85.3 Å². The predicted molar refractivity (Wildman–Crippen MR) is 109 cm³/mol. The van der Waals surface area contributed by atoms with Crippen molar-refractivity contribution in [3.8, 4) is 22.6 Å². The van der Waals surface area contributed by atoms with Gasteiger partial charge in [-0.25, -0.2) is 4.68 Å². The van der Waals surface area contributed by atoms with E-state index in [1.54, 1.807) is 6.20 Å². The molecule has 29 heavy (non-hydrogen) atoms. The fraction of sp³-hybridized carbons (Fsp3) is 0.227. The van der Waals surface area contributed by atoms with Gasteiger partial charge >= 0.3 is 0 Å². The largest absolute Gasteiger partial charge is 0.493 e. The standard InChI is InChI=1S/C22H22N4O3/c1-15(27)23-14-22(28)25-20-9-12-29-21-8-5-17(13-19(20)21)16-3-6-18(7-4-16)26-11-2-10-24-26/h2-8,10-11,13,20H,9,12,14H2,1H3,(H,23,27)(H,25,28). The number of hydrogen-bond acceptors (Lipinski definition) is 4. The number of ether oxygens (including phenoxy) is 1. The highest BCUT2D eigenvalue weighted by Gasteiger charge is 2.23. The van der Waals surface area contributed by atoms with E-state index in [4.69, 9.17) is 4.74 Å². The van der Waals surface area contributed by atoms with Crippen LogP contribution in [0.25, 0.3) is 16.8 Å². The Morgan fingerprint density at radius 3 is 2.69 bits per heavy atom. The van der Waals surface area contributed by atoms with E-state index in [-0.39, 0.29) is 24.4 Å². The molecule has 7 nitrogen and oxygen atoms in total. The molecule has 0 fully saturated rings. The van der Waals surface area contributed by atoms with E-state index < -0.39 is 0 Å². The maximum atomic E-state index is 12.2. The lowest BCUT2D eigenvalue weighted by molar-refractivity contribution is -0.125. The van der Waals surface area contributed by atoms with Crippen LogP contribution < -0.4 is 15.4 Å². The van der Waals surface area contributed by atoms with Crippen molar-refractivity contribution in [3.05, 3.63) is 66.5 Å². The van der Waals surface area contributed by atoms with E-state index in [0.717, 1.165) is 28.1 Å². The maximum Gasteiger partial charge on any atom is 0.239 e. The molecule has 2 amide bonds. The SMILES string of the molecule is CC(=O)NCC(=O)NC1CCOc2ccc(-c3ccc(-n4cccn4)cc3)cc21. The second-order valence-electron chi connectivity index (χ2n) is 6.92. The first-order chi connectivity index (χ1) is 14.1. The Morgan fingerprint density at radius 1 is 1.17 bits per heavy atom. The molecule has 2 heterocycles. The van der Waals surface area contributed by atoms with Crippen molar-refractivity contribution < 1.29 is 14.3 Å². The summed E-state index contributed by atoms with van der Waals surface area (Å²) in [6.07, 6.45) is 4.33. The van der Waals surface area contributed by atoms with Crippen LogP contribution in [0.15, 0.2) is 60.9 Å². The summed E-state index contributed by atoms with van der Waals surface area (Å²) >= 11 is 0. The lowest BCUT2D eigenvalue weighted by Gasteiger charge is -2.27. The second-order valence-corrected chi connectivity index (χ2v) is 6.92. The third-order valence-electron chi connectivity index (χ3n) is 4.85. The van der Waals surface area contributed by atoms with Gasteiger partial charge in [-0.2, -0.15) is 5.10 Å². The summed E-state index contributed by atoms with van der Waals surface area (Å²) in [6, 6.07) is 15.9. The van der Waals surface area contributed by atoms with Crippen LogP contribution in [0.1, 0.15) is 24.9 Å². The van der Waals surface area contributed by atoms with Crippen LogP contribution in [-0.4, -0.2) is 34.7 Å². The van der Waals surface area contributed by atoms with Gasteiger partial charge in [0.05, 0.1) is 24.9 Å². The summed E-state index contributed by atoms with van der Waals surface area (Å²) in [5, 5.41) is 9.76. The number of carbonyl (C=O) groups excluding carboxylic acids is 2. The zero-order valence-electron chi connectivity index (χ0n) is 16.1. The van der Waals surface area contributed by atoms with Gasteiger partial charge in [-0.1, -0.05) is 18.2 Å². The molecule has 0 aliphatic carbocycles. The van der Waals surface area contributed by atoms with E-state index in [1.807, 2.05) is 53.3 Å². The van der Waals surface area contributed by atoms with Crippen LogP contribution in [0.3, 0.4) is 0 Å². The molecule has 7 heteroatoms. The molecule has 0 saturated carbocycles. The molecule has 1 aliphatic rings. The summed E-state index contributed by atoms with van der Waals surface area (Å²) in [7, 11) is 0. The average Bonchev–Trinajstić information content (AvgIpc) is 3.27. The molecule has 0 radical (unpaired) electrons. The highest BCUT2D eigenvalue weighted by molar-refractivity contribution is 5.84. The molecule has 0 saturated heterocycles. The zero-order valence-corrected chi connectivity index (χ0v) is 16.1. The Bertz CT molecular complexity index is 1010. The number of amides is 2. The normalized spacial score (nSPS) is 15.1. The van der Waals surface area contributed by atoms with Gasteiger partial charge in [-0.3, -0.25) is 9.59 Å². The fourth-order valence-electron chi connectivity index (χ4n) is 3.40. The van der Waals surface area contributed by atoms with Crippen molar-refractivity contribution in [1.82, 2.24) is 20.4 Å². The van der Waals surface area contributed by atoms with Gasteiger partial charge in [0.15, 0.2) is 0 Å². The minimum absolute atomic E-state index is 0.0311. The average molecular weight is 390 g/mol. The Kier molecular flexibility index (Phi) is 5.29. The minimum atomic E-state index is -0.228. The van der Waals surface area contributed by atoms with E-state index in [9.17, 15) is 9.59 Å². The van der Waals surface area contributed by atoms with E-state index in [2.05, 4.69) is 21.8 Å². The molecule has 1 atom stereocenters. The Labute approximate surface area is 168 Å². The number of hydrogen-bond donors (Lipinski definition) is 2. The number of aromatic nitrogens is 2. The number of nitrogens with zero attached hydrogens (tertiary/aromatic N) is 2. The van der Waals surface area contributed by atoms with Gasteiger partial charge in [0.25, 0.3) is 0 Å².